The SMILES string of the molecule is O=C(O)c1c(O)coc1Nc1ccccc1. The summed E-state index contributed by atoms with van der Waals surface area (Å²) in [4.78, 5) is 10.8. The highest BCUT2D eigenvalue weighted by Crippen LogP contribution is 2.30. The van der Waals surface area contributed by atoms with Gasteiger partial charge in [-0.3, -0.25) is 0 Å². The minimum Gasteiger partial charge on any atom is -0.504 e. The molecule has 1 aromatic carbocycles. The molecule has 0 aliphatic carbocycles. The molecule has 0 saturated carbocycles. The van der Waals surface area contributed by atoms with Crippen molar-refractivity contribution in [3.05, 3.63) is 42.2 Å². The van der Waals surface area contributed by atoms with Gasteiger partial charge in [0, 0.05) is 5.69 Å². The third-order valence-electron chi connectivity index (χ3n) is 2.02. The van der Waals surface area contributed by atoms with Gasteiger partial charge in [0.15, 0.2) is 11.3 Å². The van der Waals surface area contributed by atoms with Gasteiger partial charge in [0.2, 0.25) is 5.88 Å². The number of carboxylic acids is 1. The Morgan fingerprint density at radius 1 is 1.25 bits per heavy atom. The minimum atomic E-state index is -1.25. The fraction of sp³-hybridized carbons (Fsp3) is 0. The Bertz CT molecular complexity index is 504. The summed E-state index contributed by atoms with van der Waals surface area (Å²) in [6.45, 7) is 0. The Hall–Kier alpha value is -2.43. The van der Waals surface area contributed by atoms with Crippen molar-refractivity contribution in [1.29, 1.82) is 0 Å². The van der Waals surface area contributed by atoms with Gasteiger partial charge in [0.25, 0.3) is 0 Å². The van der Waals surface area contributed by atoms with Crippen LogP contribution in [0.4, 0.5) is 11.6 Å². The lowest BCUT2D eigenvalue weighted by atomic mass is 10.2. The van der Waals surface area contributed by atoms with Crippen molar-refractivity contribution in [2.45, 2.75) is 0 Å². The number of hydrogen-bond acceptors (Lipinski definition) is 4. The first-order chi connectivity index (χ1) is 7.68. The van der Waals surface area contributed by atoms with Crippen LogP contribution in [0.1, 0.15) is 10.4 Å². The summed E-state index contributed by atoms with van der Waals surface area (Å²) in [5.41, 5.74) is 0.406. The van der Waals surface area contributed by atoms with Crippen molar-refractivity contribution in [2.24, 2.45) is 0 Å². The number of rotatable bonds is 3. The van der Waals surface area contributed by atoms with E-state index in [9.17, 15) is 9.90 Å². The molecule has 0 atom stereocenters. The molecule has 3 N–H and O–H groups in total. The average Bonchev–Trinajstić information content (AvgIpc) is 2.61. The van der Waals surface area contributed by atoms with Gasteiger partial charge in [-0.05, 0) is 12.1 Å². The van der Waals surface area contributed by atoms with Crippen LogP contribution in [-0.2, 0) is 0 Å². The van der Waals surface area contributed by atoms with Crippen LogP contribution in [0.25, 0.3) is 0 Å². The van der Waals surface area contributed by atoms with Gasteiger partial charge in [0.05, 0.1) is 0 Å². The van der Waals surface area contributed by atoms with Gasteiger partial charge in [-0.25, -0.2) is 4.79 Å². The molecular formula is C11H9NO4. The van der Waals surface area contributed by atoms with Crippen LogP contribution in [-0.4, -0.2) is 16.2 Å². The average molecular weight is 219 g/mol. The molecule has 5 nitrogen and oxygen atoms in total. The third kappa shape index (κ3) is 1.83. The van der Waals surface area contributed by atoms with Gasteiger partial charge >= 0.3 is 5.97 Å². The number of furan rings is 1. The molecule has 1 aromatic heterocycles. The summed E-state index contributed by atoms with van der Waals surface area (Å²) in [6, 6.07) is 8.94. The Morgan fingerprint density at radius 2 is 1.94 bits per heavy atom. The minimum absolute atomic E-state index is 0.0104. The van der Waals surface area contributed by atoms with E-state index < -0.39 is 11.7 Å². The van der Waals surface area contributed by atoms with Crippen LogP contribution >= 0.6 is 0 Å². The third-order valence-corrected chi connectivity index (χ3v) is 2.02. The molecular weight excluding hydrogens is 210 g/mol. The molecule has 0 aliphatic rings. The predicted molar refractivity (Wildman–Crippen MR) is 57.1 cm³/mol. The Labute approximate surface area is 90.9 Å². The molecule has 0 saturated heterocycles. The van der Waals surface area contributed by atoms with Crippen LogP contribution in [0.2, 0.25) is 0 Å². The van der Waals surface area contributed by atoms with E-state index in [-0.39, 0.29) is 11.4 Å². The van der Waals surface area contributed by atoms with E-state index in [4.69, 9.17) is 9.52 Å². The Morgan fingerprint density at radius 3 is 2.56 bits per heavy atom. The summed E-state index contributed by atoms with van der Waals surface area (Å²) in [7, 11) is 0. The fourth-order valence-corrected chi connectivity index (χ4v) is 1.30. The molecule has 0 radical (unpaired) electrons. The number of aromatic hydroxyl groups is 1. The maximum atomic E-state index is 10.8. The van der Waals surface area contributed by atoms with E-state index in [1.807, 2.05) is 6.07 Å². The van der Waals surface area contributed by atoms with Gasteiger partial charge in [0.1, 0.15) is 6.26 Å². The highest BCUT2D eigenvalue weighted by atomic mass is 16.4. The molecule has 0 bridgehead atoms. The van der Waals surface area contributed by atoms with E-state index in [1.54, 1.807) is 24.3 Å². The van der Waals surface area contributed by atoms with Crippen LogP contribution in [0, 0.1) is 0 Å². The standard InChI is InChI=1S/C11H9NO4/c13-8-6-16-10(9(8)11(14)15)12-7-4-2-1-3-5-7/h1-6,12-13H,(H,14,15). The second-order valence-corrected chi connectivity index (χ2v) is 3.12. The number of carboxylic acid groups (broad SMARTS) is 1. The second kappa shape index (κ2) is 3.98. The van der Waals surface area contributed by atoms with Crippen LogP contribution in [0.15, 0.2) is 41.0 Å². The fourth-order valence-electron chi connectivity index (χ4n) is 1.30. The van der Waals surface area contributed by atoms with Crippen molar-refractivity contribution >= 4 is 17.5 Å². The molecule has 0 fully saturated rings. The lowest BCUT2D eigenvalue weighted by Gasteiger charge is -2.03. The quantitative estimate of drug-likeness (QED) is 0.738. The molecule has 16 heavy (non-hydrogen) atoms. The molecule has 0 aliphatic heterocycles. The summed E-state index contributed by atoms with van der Waals surface area (Å²) < 4.78 is 4.92. The topological polar surface area (TPSA) is 82.7 Å². The van der Waals surface area contributed by atoms with Gasteiger partial charge in [-0.1, -0.05) is 18.2 Å². The predicted octanol–water partition coefficient (Wildman–Crippen LogP) is 2.43. The van der Waals surface area contributed by atoms with E-state index in [2.05, 4.69) is 5.32 Å². The number of aromatic carboxylic acids is 1. The summed E-state index contributed by atoms with van der Waals surface area (Å²) in [5, 5.41) is 20.9. The number of carbonyl (C=O) groups is 1. The van der Waals surface area contributed by atoms with E-state index in [1.165, 1.54) is 0 Å². The van der Waals surface area contributed by atoms with Gasteiger partial charge in [-0.15, -0.1) is 0 Å². The molecule has 2 rings (SSSR count). The van der Waals surface area contributed by atoms with E-state index in [0.717, 1.165) is 6.26 Å². The van der Waals surface area contributed by atoms with Crippen molar-refractivity contribution < 1.29 is 19.4 Å². The molecule has 82 valence electrons. The maximum Gasteiger partial charge on any atom is 0.345 e. The summed E-state index contributed by atoms with van der Waals surface area (Å²) >= 11 is 0. The monoisotopic (exact) mass is 219 g/mol. The second-order valence-electron chi connectivity index (χ2n) is 3.12. The lowest BCUT2D eigenvalue weighted by molar-refractivity contribution is 0.0695. The summed E-state index contributed by atoms with van der Waals surface area (Å²) in [6.07, 6.45) is 0.981. The highest BCUT2D eigenvalue weighted by molar-refractivity contribution is 5.96. The van der Waals surface area contributed by atoms with Crippen LogP contribution in [0.3, 0.4) is 0 Å². The smallest absolute Gasteiger partial charge is 0.345 e. The van der Waals surface area contributed by atoms with Crippen LogP contribution < -0.4 is 5.32 Å². The van der Waals surface area contributed by atoms with Crippen molar-refractivity contribution in [3.63, 3.8) is 0 Å². The number of para-hydroxylation sites is 1. The van der Waals surface area contributed by atoms with Gasteiger partial charge in [-0.2, -0.15) is 0 Å². The zero-order chi connectivity index (χ0) is 11.5. The lowest BCUT2D eigenvalue weighted by Crippen LogP contribution is -1.99. The maximum absolute atomic E-state index is 10.8. The van der Waals surface area contributed by atoms with Gasteiger partial charge < -0.3 is 19.9 Å². The van der Waals surface area contributed by atoms with Crippen molar-refractivity contribution in [1.82, 2.24) is 0 Å². The molecule has 0 unspecified atom stereocenters. The normalized spacial score (nSPS) is 10.0. The number of benzene rings is 1. The highest BCUT2D eigenvalue weighted by Gasteiger charge is 2.19. The Kier molecular flexibility index (Phi) is 2.51. The van der Waals surface area contributed by atoms with Crippen molar-refractivity contribution in [3.8, 4) is 5.75 Å². The number of nitrogens with one attached hydrogen (secondary N) is 1. The number of hydrogen-bond donors (Lipinski definition) is 3. The first-order valence-electron chi connectivity index (χ1n) is 4.54. The number of anilines is 2. The first-order valence-corrected chi connectivity index (χ1v) is 4.54. The van der Waals surface area contributed by atoms with E-state index in [0.29, 0.717) is 5.69 Å². The summed E-state index contributed by atoms with van der Waals surface area (Å²) in [5.74, 6) is -1.63. The zero-order valence-corrected chi connectivity index (χ0v) is 8.18. The van der Waals surface area contributed by atoms with Crippen LogP contribution in [0.5, 0.6) is 5.75 Å². The molecule has 5 heteroatoms. The molecule has 0 spiro atoms. The van der Waals surface area contributed by atoms with E-state index >= 15 is 0 Å². The molecule has 2 aromatic rings. The zero-order valence-electron chi connectivity index (χ0n) is 8.18. The Balaban J connectivity index is 2.32. The first kappa shape index (κ1) is 10.1. The molecule has 1 heterocycles. The van der Waals surface area contributed by atoms with Crippen molar-refractivity contribution in [2.75, 3.05) is 5.32 Å². The molecule has 0 amide bonds. The largest absolute Gasteiger partial charge is 0.504 e.